The SMILES string of the molecule is NC(=O)C[C@@H]1NC(=O)[C@@H]2C[C@@H](O)CN2C(=O)CNC(=O)[C@H](c2ccc(F)cc2)NC(=O)CNC(=O)[C@@H](CC(=O)O)NC(=O)[C@H](N)CSSC[C@H](C(N)=O)NC1=O. The molecule has 0 saturated carbocycles. The lowest BCUT2D eigenvalue weighted by Crippen LogP contribution is -2.57. The highest BCUT2D eigenvalue weighted by atomic mass is 33.1. The molecule has 3 rings (SSSR count). The maximum Gasteiger partial charge on any atom is 0.305 e. The van der Waals surface area contributed by atoms with Gasteiger partial charge >= 0.3 is 5.97 Å². The first-order valence-corrected chi connectivity index (χ1v) is 19.1. The second-order valence-corrected chi connectivity index (χ2v) is 15.0. The molecular formula is C31H41FN10O12S2. The lowest BCUT2D eigenvalue weighted by Gasteiger charge is -2.27. The molecule has 0 unspecified atom stereocenters. The van der Waals surface area contributed by atoms with Crippen LogP contribution >= 0.6 is 21.6 Å². The number of carboxylic acid groups (broad SMARTS) is 1. The highest BCUT2D eigenvalue weighted by molar-refractivity contribution is 8.76. The number of aliphatic carboxylic acids is 1. The first-order valence-electron chi connectivity index (χ1n) is 16.6. The van der Waals surface area contributed by atoms with Gasteiger partial charge in [-0.25, -0.2) is 4.39 Å². The third kappa shape index (κ3) is 13.6. The number of aliphatic hydroxyl groups is 1. The Morgan fingerprint density at radius 2 is 1.39 bits per heavy atom. The number of nitrogens with one attached hydrogen (secondary N) is 6. The first kappa shape index (κ1) is 44.9. The minimum absolute atomic E-state index is 0.0245. The van der Waals surface area contributed by atoms with Crippen LogP contribution in [-0.4, -0.2) is 142 Å². The summed E-state index contributed by atoms with van der Waals surface area (Å²) in [5.74, 6) is -11.7. The highest BCUT2D eigenvalue weighted by Crippen LogP contribution is 2.23. The molecule has 14 N–H and O–H groups in total. The zero-order chi connectivity index (χ0) is 41.7. The Kier molecular flexibility index (Phi) is 16.8. The smallest absolute Gasteiger partial charge is 0.305 e. The molecule has 0 bridgehead atoms. The van der Waals surface area contributed by atoms with Gasteiger partial charge in [-0.15, -0.1) is 0 Å². The van der Waals surface area contributed by atoms with Crippen molar-refractivity contribution in [2.75, 3.05) is 31.1 Å². The van der Waals surface area contributed by atoms with E-state index in [1.807, 2.05) is 0 Å². The number of rotatable bonds is 6. The van der Waals surface area contributed by atoms with Crippen molar-refractivity contribution in [1.82, 2.24) is 36.8 Å². The van der Waals surface area contributed by atoms with E-state index in [1.165, 1.54) is 0 Å². The molecule has 2 aliphatic heterocycles. The lowest BCUT2D eigenvalue weighted by atomic mass is 10.1. The molecule has 0 aromatic heterocycles. The van der Waals surface area contributed by atoms with Crippen LogP contribution < -0.4 is 49.1 Å². The summed E-state index contributed by atoms with van der Waals surface area (Å²) in [7, 11) is 1.86. The number of carbonyl (C=O) groups is 10. The third-order valence-electron chi connectivity index (χ3n) is 8.12. The van der Waals surface area contributed by atoms with E-state index < -0.39 is 133 Å². The van der Waals surface area contributed by atoms with Gasteiger partial charge in [0.25, 0.3) is 0 Å². The Morgan fingerprint density at radius 1 is 0.786 bits per heavy atom. The summed E-state index contributed by atoms with van der Waals surface area (Å²) in [4.78, 5) is 128. The number of benzene rings is 1. The van der Waals surface area contributed by atoms with Crippen LogP contribution in [0.3, 0.4) is 0 Å². The van der Waals surface area contributed by atoms with Crippen molar-refractivity contribution >= 4 is 80.7 Å². The predicted octanol–water partition coefficient (Wildman–Crippen LogP) is -5.81. The molecule has 1 aromatic rings. The number of halogens is 1. The average molecular weight is 829 g/mol. The minimum Gasteiger partial charge on any atom is -0.481 e. The van der Waals surface area contributed by atoms with Crippen LogP contribution in [0.2, 0.25) is 0 Å². The first-order chi connectivity index (χ1) is 26.4. The van der Waals surface area contributed by atoms with Gasteiger partial charge in [0, 0.05) is 24.5 Å². The van der Waals surface area contributed by atoms with Gasteiger partial charge in [-0.1, -0.05) is 33.7 Å². The van der Waals surface area contributed by atoms with Gasteiger partial charge < -0.3 is 64.2 Å². The summed E-state index contributed by atoms with van der Waals surface area (Å²) < 4.78 is 13.7. The number of hydrogen-bond donors (Lipinski definition) is 11. The van der Waals surface area contributed by atoms with E-state index in [0.29, 0.717) is 0 Å². The van der Waals surface area contributed by atoms with Crippen LogP contribution in [0.5, 0.6) is 0 Å². The number of nitrogens with zero attached hydrogens (tertiary/aromatic N) is 1. The maximum absolute atomic E-state index is 13.7. The van der Waals surface area contributed by atoms with Crippen LogP contribution in [0.1, 0.15) is 30.9 Å². The average Bonchev–Trinajstić information content (AvgIpc) is 3.53. The molecule has 2 heterocycles. The molecule has 22 nitrogen and oxygen atoms in total. The summed E-state index contributed by atoms with van der Waals surface area (Å²) in [6, 6.07) is -4.89. The fourth-order valence-electron chi connectivity index (χ4n) is 5.28. The van der Waals surface area contributed by atoms with Crippen molar-refractivity contribution in [2.45, 2.75) is 61.6 Å². The number of primary amides is 2. The summed E-state index contributed by atoms with van der Waals surface area (Å²) in [6.07, 6.45) is -3.23. The summed E-state index contributed by atoms with van der Waals surface area (Å²) in [5, 5.41) is 33.2. The molecule has 0 spiro atoms. The van der Waals surface area contributed by atoms with Gasteiger partial charge in [0.1, 0.15) is 36.0 Å². The van der Waals surface area contributed by atoms with E-state index in [4.69, 9.17) is 17.2 Å². The Hall–Kier alpha value is -5.53. The van der Waals surface area contributed by atoms with Crippen LogP contribution in [0.15, 0.2) is 24.3 Å². The second kappa shape index (κ2) is 21.0. The van der Waals surface area contributed by atoms with E-state index >= 15 is 0 Å². The van der Waals surface area contributed by atoms with E-state index in [9.17, 15) is 62.5 Å². The second-order valence-electron chi connectivity index (χ2n) is 12.5. The quantitative estimate of drug-likeness (QED) is 0.119. The normalized spacial score (nSPS) is 27.0. The standard InChI is InChI=1S/C31H41FN10O12S2/c32-14-3-1-13(2-4-14)25-31(54)37-9-23(46)42-10-15(43)5-20(42)30(53)39-17(6-21(34)44)29(52)40-19(26(35)49)12-56-55-11-16(33)27(50)38-18(7-24(47)48)28(51)36-8-22(45)41-25/h1-4,15-20,25,43H,5-12,33H2,(H2,34,44)(H2,35,49)(H,36,51)(H,37,54)(H,38,50)(H,39,53)(H,40,52)(H,41,45)(H,47,48)/t15-,16-,17+,18-,19-,20+,25+/m1/s1. The summed E-state index contributed by atoms with van der Waals surface area (Å²) in [5.41, 5.74) is 16.7. The zero-order valence-electron chi connectivity index (χ0n) is 29.4. The van der Waals surface area contributed by atoms with Crippen molar-refractivity contribution in [3.05, 3.63) is 35.6 Å². The Bertz CT molecular complexity index is 1710. The molecule has 25 heteroatoms. The van der Waals surface area contributed by atoms with Crippen LogP contribution in [0, 0.1) is 5.82 Å². The third-order valence-corrected chi connectivity index (χ3v) is 10.6. The molecule has 2 aliphatic rings. The molecule has 2 saturated heterocycles. The van der Waals surface area contributed by atoms with E-state index in [-0.39, 0.29) is 30.0 Å². The molecule has 7 atom stereocenters. The molecule has 1 aromatic carbocycles. The van der Waals surface area contributed by atoms with E-state index in [2.05, 4.69) is 31.9 Å². The lowest BCUT2D eigenvalue weighted by molar-refractivity contribution is -0.141. The van der Waals surface area contributed by atoms with Crippen LogP contribution in [-0.2, 0) is 47.9 Å². The van der Waals surface area contributed by atoms with Crippen molar-refractivity contribution in [2.24, 2.45) is 17.2 Å². The summed E-state index contributed by atoms with van der Waals surface area (Å²) in [6.45, 7) is -2.04. The molecule has 0 radical (unpaired) electrons. The van der Waals surface area contributed by atoms with Crippen molar-refractivity contribution in [1.29, 1.82) is 0 Å². The van der Waals surface area contributed by atoms with E-state index in [1.54, 1.807) is 0 Å². The number of carboxylic acids is 1. The molecule has 0 aliphatic carbocycles. The Labute approximate surface area is 325 Å². The van der Waals surface area contributed by atoms with Crippen LogP contribution in [0.4, 0.5) is 4.39 Å². The number of amides is 9. The van der Waals surface area contributed by atoms with Gasteiger partial charge in [-0.2, -0.15) is 0 Å². The number of hydrogen-bond acceptors (Lipinski definition) is 14. The maximum atomic E-state index is 13.7. The van der Waals surface area contributed by atoms with Crippen molar-refractivity contribution in [3.8, 4) is 0 Å². The topological polar surface area (TPSA) is 365 Å². The van der Waals surface area contributed by atoms with E-state index in [0.717, 1.165) is 50.8 Å². The predicted molar refractivity (Wildman–Crippen MR) is 193 cm³/mol. The monoisotopic (exact) mass is 828 g/mol. The fraction of sp³-hybridized carbons (Fsp3) is 0.484. The minimum atomic E-state index is -1.71. The zero-order valence-corrected chi connectivity index (χ0v) is 31.0. The number of carbonyl (C=O) groups excluding carboxylic acids is 9. The fourth-order valence-corrected chi connectivity index (χ4v) is 7.58. The van der Waals surface area contributed by atoms with Gasteiger partial charge in [0.15, 0.2) is 0 Å². The number of aliphatic hydroxyl groups excluding tert-OH is 1. The Balaban J connectivity index is 1.93. The van der Waals surface area contributed by atoms with Gasteiger partial charge in [-0.3, -0.25) is 47.9 Å². The van der Waals surface area contributed by atoms with Gasteiger partial charge in [0.2, 0.25) is 53.2 Å². The van der Waals surface area contributed by atoms with Gasteiger partial charge in [0.05, 0.1) is 38.1 Å². The Morgan fingerprint density at radius 3 is 2.02 bits per heavy atom. The molecule has 56 heavy (non-hydrogen) atoms. The number of fused-ring (bicyclic) bond motifs is 1. The molecule has 9 amide bonds. The number of nitrogens with two attached hydrogens (primary N) is 3. The molecule has 2 fully saturated rings. The molecular weight excluding hydrogens is 788 g/mol. The van der Waals surface area contributed by atoms with Crippen LogP contribution in [0.25, 0.3) is 0 Å². The summed E-state index contributed by atoms with van der Waals surface area (Å²) >= 11 is 0. The van der Waals surface area contributed by atoms with Crippen molar-refractivity contribution in [3.63, 3.8) is 0 Å². The highest BCUT2D eigenvalue weighted by Gasteiger charge is 2.41. The largest absolute Gasteiger partial charge is 0.481 e. The van der Waals surface area contributed by atoms with Gasteiger partial charge in [-0.05, 0) is 17.7 Å². The molecule has 306 valence electrons. The van der Waals surface area contributed by atoms with Crippen molar-refractivity contribution < 1.29 is 62.5 Å².